The molecule has 0 aliphatic carbocycles. The van der Waals surface area contributed by atoms with Gasteiger partial charge in [-0.05, 0) is 6.54 Å². The average Bonchev–Trinajstić information content (AvgIpc) is 1.84. The number of hydrogen-bond acceptors (Lipinski definition) is 1. The largest absolute Gasteiger partial charge is 0.367 e. The fourth-order valence-electron chi connectivity index (χ4n) is 0.949. The first-order valence-electron chi connectivity index (χ1n) is 3.29. The van der Waals surface area contributed by atoms with Crippen molar-refractivity contribution in [3.8, 4) is 0 Å². The standard InChI is InChI=1S/C7H12N2O.Y/c1-5-4-9(3)7(10)8-6(5)2;/h5-6H,1-2,4H2,3H3,(H,8,10);/q-2;. The molecule has 1 aliphatic heterocycles. The second-order valence-corrected chi connectivity index (χ2v) is 2.70. The second kappa shape index (κ2) is 4.41. The molecule has 2 amide bonds. The van der Waals surface area contributed by atoms with E-state index in [0.29, 0.717) is 6.54 Å². The molecule has 0 spiro atoms. The van der Waals surface area contributed by atoms with Crippen LogP contribution in [0.4, 0.5) is 4.79 Å². The van der Waals surface area contributed by atoms with E-state index in [9.17, 15) is 4.79 Å². The van der Waals surface area contributed by atoms with Crippen molar-refractivity contribution in [2.24, 2.45) is 5.92 Å². The Kier molecular flexibility index (Phi) is 4.56. The minimum Gasteiger partial charge on any atom is -0.367 e. The molecule has 1 N–H and O–H groups in total. The number of rotatable bonds is 0. The van der Waals surface area contributed by atoms with Crippen LogP contribution < -0.4 is 5.32 Å². The van der Waals surface area contributed by atoms with Gasteiger partial charge in [-0.1, -0.05) is 0 Å². The quantitative estimate of drug-likeness (QED) is 0.595. The number of hydrogen-bond donors (Lipinski definition) is 1. The predicted molar refractivity (Wildman–Crippen MR) is 39.2 cm³/mol. The number of nitrogens with one attached hydrogen (secondary N) is 1. The zero-order valence-electron chi connectivity index (χ0n) is 6.71. The third kappa shape index (κ3) is 2.71. The van der Waals surface area contributed by atoms with Crippen LogP contribution in [0.25, 0.3) is 0 Å². The van der Waals surface area contributed by atoms with Gasteiger partial charge < -0.3 is 24.1 Å². The van der Waals surface area contributed by atoms with Crippen molar-refractivity contribution >= 4 is 6.03 Å². The molecule has 1 saturated heterocycles. The molecule has 2 atom stereocenters. The monoisotopic (exact) mass is 229 g/mol. The van der Waals surface area contributed by atoms with Crippen LogP contribution in [-0.4, -0.2) is 30.6 Å². The zero-order valence-corrected chi connectivity index (χ0v) is 9.55. The van der Waals surface area contributed by atoms with Gasteiger partial charge in [0.25, 0.3) is 0 Å². The number of urea groups is 1. The number of nitrogens with zero attached hydrogens (tertiary/aromatic N) is 1. The summed E-state index contributed by atoms with van der Waals surface area (Å²) in [6.45, 7) is 8.28. The van der Waals surface area contributed by atoms with Crippen molar-refractivity contribution in [2.75, 3.05) is 13.6 Å². The Labute approximate surface area is 92.8 Å². The van der Waals surface area contributed by atoms with Gasteiger partial charge in [-0.3, -0.25) is 0 Å². The van der Waals surface area contributed by atoms with E-state index < -0.39 is 0 Å². The fourth-order valence-corrected chi connectivity index (χ4v) is 0.949. The van der Waals surface area contributed by atoms with E-state index in [2.05, 4.69) is 19.2 Å². The molecule has 11 heavy (non-hydrogen) atoms. The molecule has 4 heteroatoms. The first-order chi connectivity index (χ1) is 4.61. The Morgan fingerprint density at radius 2 is 2.18 bits per heavy atom. The van der Waals surface area contributed by atoms with Crippen LogP contribution in [0.5, 0.6) is 0 Å². The molecular formula is C7H12N2OY-2. The summed E-state index contributed by atoms with van der Waals surface area (Å²) in [7, 11) is 1.75. The van der Waals surface area contributed by atoms with E-state index >= 15 is 0 Å². The van der Waals surface area contributed by atoms with Crippen LogP contribution >= 0.6 is 0 Å². The van der Waals surface area contributed by atoms with Crippen LogP contribution in [0.3, 0.4) is 0 Å². The van der Waals surface area contributed by atoms with Gasteiger partial charge in [-0.15, -0.1) is 6.04 Å². The number of amides is 2. The molecule has 1 aliphatic rings. The van der Waals surface area contributed by atoms with Crippen molar-refractivity contribution in [3.63, 3.8) is 0 Å². The molecule has 0 aromatic heterocycles. The molecule has 1 radical (unpaired) electrons. The smallest absolute Gasteiger partial charge is 0.314 e. The molecule has 0 saturated carbocycles. The topological polar surface area (TPSA) is 32.3 Å². The maximum absolute atomic E-state index is 10.9. The van der Waals surface area contributed by atoms with Crippen LogP contribution in [-0.2, 0) is 32.7 Å². The van der Waals surface area contributed by atoms with Crippen molar-refractivity contribution in [2.45, 2.75) is 6.04 Å². The summed E-state index contributed by atoms with van der Waals surface area (Å²) < 4.78 is 0. The van der Waals surface area contributed by atoms with Gasteiger partial charge in [0.2, 0.25) is 0 Å². The average molecular weight is 229 g/mol. The maximum Gasteiger partial charge on any atom is 0.314 e. The molecular weight excluding hydrogens is 217 g/mol. The van der Waals surface area contributed by atoms with Gasteiger partial charge in [0, 0.05) is 39.8 Å². The Hall–Kier alpha value is 0.374. The summed E-state index contributed by atoms with van der Waals surface area (Å²) in [6.07, 6.45) is 0. The Morgan fingerprint density at radius 1 is 1.64 bits per heavy atom. The first kappa shape index (κ1) is 11.4. The van der Waals surface area contributed by atoms with Gasteiger partial charge >= 0.3 is 6.03 Å². The van der Waals surface area contributed by atoms with Gasteiger partial charge in [-0.25, -0.2) is 4.79 Å². The summed E-state index contributed by atoms with van der Waals surface area (Å²) in [5, 5.41) is 2.69. The molecule has 1 heterocycles. The summed E-state index contributed by atoms with van der Waals surface area (Å²) in [4.78, 5) is 12.5. The number of carbonyl (C=O) groups is 1. The van der Waals surface area contributed by atoms with Crippen molar-refractivity contribution in [3.05, 3.63) is 13.8 Å². The van der Waals surface area contributed by atoms with E-state index in [1.807, 2.05) is 0 Å². The van der Waals surface area contributed by atoms with Crippen LogP contribution in [0.1, 0.15) is 0 Å². The van der Waals surface area contributed by atoms with E-state index in [1.54, 1.807) is 11.9 Å². The second-order valence-electron chi connectivity index (χ2n) is 2.70. The van der Waals surface area contributed by atoms with Crippen LogP contribution in [0.2, 0.25) is 0 Å². The normalized spacial score (nSPS) is 30.8. The molecule has 0 bridgehead atoms. The Morgan fingerprint density at radius 3 is 2.64 bits per heavy atom. The molecule has 1 rings (SSSR count). The van der Waals surface area contributed by atoms with Gasteiger partial charge in [0.05, 0.1) is 0 Å². The van der Waals surface area contributed by atoms with Gasteiger partial charge in [-0.2, -0.15) is 5.92 Å². The van der Waals surface area contributed by atoms with Crippen molar-refractivity contribution < 1.29 is 37.5 Å². The van der Waals surface area contributed by atoms with Crippen molar-refractivity contribution in [1.29, 1.82) is 0 Å². The van der Waals surface area contributed by atoms with E-state index in [-0.39, 0.29) is 50.7 Å². The van der Waals surface area contributed by atoms with E-state index in [1.165, 1.54) is 0 Å². The molecule has 3 nitrogen and oxygen atoms in total. The zero-order chi connectivity index (χ0) is 7.72. The Balaban J connectivity index is 0.000001000. The molecule has 1 fully saturated rings. The summed E-state index contributed by atoms with van der Waals surface area (Å²) in [5.74, 6) is 0.197. The molecule has 2 unspecified atom stereocenters. The van der Waals surface area contributed by atoms with E-state index in [4.69, 9.17) is 0 Å². The molecule has 61 valence electrons. The van der Waals surface area contributed by atoms with Crippen LogP contribution in [0.15, 0.2) is 0 Å². The van der Waals surface area contributed by atoms with Crippen LogP contribution in [0, 0.1) is 19.8 Å². The molecule has 0 aromatic rings. The third-order valence-electron chi connectivity index (χ3n) is 1.73. The van der Waals surface area contributed by atoms with Gasteiger partial charge in [0.1, 0.15) is 0 Å². The maximum atomic E-state index is 10.9. The summed E-state index contributed by atoms with van der Waals surface area (Å²) in [6, 6.07) is -0.0939. The molecule has 0 aromatic carbocycles. The summed E-state index contributed by atoms with van der Waals surface area (Å²) in [5.41, 5.74) is 0. The van der Waals surface area contributed by atoms with Gasteiger partial charge in [0.15, 0.2) is 0 Å². The number of carbonyl (C=O) groups excluding carboxylic acids is 1. The minimum absolute atomic E-state index is 0. The minimum atomic E-state index is -0.0556. The first-order valence-corrected chi connectivity index (χ1v) is 3.29. The Bertz CT molecular complexity index is 151. The summed E-state index contributed by atoms with van der Waals surface area (Å²) >= 11 is 0. The predicted octanol–water partition coefficient (Wildman–Crippen LogP) is 0.292. The van der Waals surface area contributed by atoms with E-state index in [0.717, 1.165) is 0 Å². The SMILES string of the molecule is [CH2-]C1CN(C)C(=O)NC1[CH2-].[Y]. The third-order valence-corrected chi connectivity index (χ3v) is 1.73. The van der Waals surface area contributed by atoms with Crippen molar-refractivity contribution in [1.82, 2.24) is 10.2 Å². The fraction of sp³-hybridized carbons (Fsp3) is 0.571.